The summed E-state index contributed by atoms with van der Waals surface area (Å²) in [7, 11) is 0. The van der Waals surface area contributed by atoms with Gasteiger partial charge in [-0.05, 0) is 57.8 Å². The SMILES string of the molecule is CCCCCCCC(=O)Nc1nc(F)nc2c1ncn2[C@H]1C[C@H](O)C(OC(=O)C23CCC(CC2)CC3)C(C)O1. The Morgan fingerprint density at radius 2 is 1.90 bits per heavy atom. The number of anilines is 1. The lowest BCUT2D eigenvalue weighted by Gasteiger charge is -2.46. The Bertz CT molecular complexity index is 1150. The van der Waals surface area contributed by atoms with Crippen LogP contribution in [0.3, 0.4) is 0 Å². The van der Waals surface area contributed by atoms with E-state index in [0.29, 0.717) is 6.42 Å². The number of nitrogens with one attached hydrogen (secondary N) is 1. The summed E-state index contributed by atoms with van der Waals surface area (Å²) in [6.07, 6.45) is 8.54. The minimum Gasteiger partial charge on any atom is -0.456 e. The smallest absolute Gasteiger partial charge is 0.312 e. The number of aliphatic hydroxyl groups excluding tert-OH is 1. The molecule has 4 atom stereocenters. The average Bonchev–Trinajstić information content (AvgIpc) is 3.35. The summed E-state index contributed by atoms with van der Waals surface area (Å²) in [4.78, 5) is 37.6. The maximum absolute atomic E-state index is 14.4. The van der Waals surface area contributed by atoms with Crippen molar-refractivity contribution in [1.82, 2.24) is 19.5 Å². The topological polar surface area (TPSA) is 128 Å². The molecule has 10 nitrogen and oxygen atoms in total. The predicted molar refractivity (Wildman–Crippen MR) is 141 cm³/mol. The van der Waals surface area contributed by atoms with Crippen LogP contribution in [0.25, 0.3) is 11.2 Å². The maximum atomic E-state index is 14.4. The van der Waals surface area contributed by atoms with Crippen molar-refractivity contribution < 1.29 is 28.6 Å². The lowest BCUT2D eigenvalue weighted by molar-refractivity contribution is -0.215. The first kappa shape index (κ1) is 27.9. The monoisotopic (exact) mass is 545 g/mol. The molecule has 4 aliphatic rings. The molecule has 39 heavy (non-hydrogen) atoms. The van der Waals surface area contributed by atoms with E-state index in [-0.39, 0.29) is 35.3 Å². The molecular weight excluding hydrogens is 505 g/mol. The van der Waals surface area contributed by atoms with Gasteiger partial charge in [-0.15, -0.1) is 0 Å². The van der Waals surface area contributed by atoms with Gasteiger partial charge in [0.15, 0.2) is 23.1 Å². The Kier molecular flexibility index (Phi) is 8.46. The number of fused-ring (bicyclic) bond motifs is 4. The number of imidazole rings is 1. The highest BCUT2D eigenvalue weighted by Gasteiger charge is 2.49. The molecule has 0 radical (unpaired) electrons. The minimum atomic E-state index is -1.000. The van der Waals surface area contributed by atoms with E-state index in [2.05, 4.69) is 27.2 Å². The van der Waals surface area contributed by atoms with Crippen LogP contribution in [-0.2, 0) is 19.1 Å². The van der Waals surface area contributed by atoms with Crippen LogP contribution in [0.4, 0.5) is 10.2 Å². The van der Waals surface area contributed by atoms with Crippen molar-refractivity contribution in [2.75, 3.05) is 5.32 Å². The van der Waals surface area contributed by atoms with Gasteiger partial charge in [0.05, 0.1) is 24.0 Å². The number of amides is 1. The molecule has 0 spiro atoms. The van der Waals surface area contributed by atoms with E-state index in [0.717, 1.165) is 76.5 Å². The molecule has 2 N–H and O–H groups in total. The molecule has 11 heteroatoms. The second-order valence-electron chi connectivity index (χ2n) is 11.6. The fraction of sp³-hybridized carbons (Fsp3) is 0.750. The molecule has 3 saturated carbocycles. The molecular formula is C28H40FN5O5. The van der Waals surface area contributed by atoms with Crippen molar-refractivity contribution in [1.29, 1.82) is 0 Å². The van der Waals surface area contributed by atoms with Gasteiger partial charge in [0.1, 0.15) is 6.23 Å². The third kappa shape index (κ3) is 5.94. The third-order valence-electron chi connectivity index (χ3n) is 8.90. The number of nitrogens with zero attached hydrogens (tertiary/aromatic N) is 4. The van der Waals surface area contributed by atoms with Gasteiger partial charge >= 0.3 is 12.0 Å². The predicted octanol–water partition coefficient (Wildman–Crippen LogP) is 4.81. The first-order valence-electron chi connectivity index (χ1n) is 14.5. The van der Waals surface area contributed by atoms with E-state index in [1.807, 2.05) is 0 Å². The molecule has 4 fully saturated rings. The highest BCUT2D eigenvalue weighted by Crippen LogP contribution is 2.51. The fourth-order valence-corrected chi connectivity index (χ4v) is 6.46. The van der Waals surface area contributed by atoms with Gasteiger partial charge in [-0.3, -0.25) is 14.2 Å². The van der Waals surface area contributed by atoms with Crippen LogP contribution in [0.15, 0.2) is 6.33 Å². The van der Waals surface area contributed by atoms with Crippen LogP contribution < -0.4 is 5.32 Å². The summed E-state index contributed by atoms with van der Waals surface area (Å²) in [5, 5.41) is 13.7. The Morgan fingerprint density at radius 3 is 2.59 bits per heavy atom. The Morgan fingerprint density at radius 1 is 1.18 bits per heavy atom. The number of aromatic nitrogens is 4. The van der Waals surface area contributed by atoms with Crippen molar-refractivity contribution in [2.24, 2.45) is 11.3 Å². The molecule has 2 unspecified atom stereocenters. The standard InChI is InChI=1S/C28H40FN5O5/c1-3-4-5-6-7-8-20(36)31-24-22-25(33-27(29)32-24)34(16-30-22)21-15-19(35)23(17(2)38-21)39-26(37)28-12-9-18(10-13-28)11-14-28/h16-19,21,23,35H,3-15H2,1-2H3,(H,31,32,33,36)/t17?,18?,19-,21+,23?,28?/m0/s1. The second kappa shape index (κ2) is 11.8. The number of carbonyl (C=O) groups is 2. The maximum Gasteiger partial charge on any atom is 0.312 e. The third-order valence-corrected chi connectivity index (χ3v) is 8.90. The number of hydrogen-bond donors (Lipinski definition) is 2. The van der Waals surface area contributed by atoms with Crippen molar-refractivity contribution in [3.8, 4) is 0 Å². The van der Waals surface area contributed by atoms with Gasteiger partial charge in [-0.1, -0.05) is 32.6 Å². The summed E-state index contributed by atoms with van der Waals surface area (Å²) in [6, 6.07) is 0. The molecule has 1 saturated heterocycles. The first-order chi connectivity index (χ1) is 18.8. The highest BCUT2D eigenvalue weighted by molar-refractivity contribution is 5.96. The van der Waals surface area contributed by atoms with Crippen LogP contribution in [0.1, 0.15) is 104 Å². The summed E-state index contributed by atoms with van der Waals surface area (Å²) < 4.78 is 28.0. The number of carbonyl (C=O) groups excluding carboxylic acids is 2. The molecule has 2 aromatic rings. The minimum absolute atomic E-state index is 0.00693. The van der Waals surface area contributed by atoms with E-state index in [9.17, 15) is 19.1 Å². The van der Waals surface area contributed by atoms with Gasteiger partial charge in [-0.25, -0.2) is 4.98 Å². The zero-order valence-electron chi connectivity index (χ0n) is 22.9. The van der Waals surface area contributed by atoms with Crippen molar-refractivity contribution in [3.05, 3.63) is 12.4 Å². The van der Waals surface area contributed by atoms with E-state index in [4.69, 9.17) is 9.47 Å². The largest absolute Gasteiger partial charge is 0.456 e. The van der Waals surface area contributed by atoms with Gasteiger partial charge in [0.25, 0.3) is 0 Å². The summed E-state index contributed by atoms with van der Waals surface area (Å²) in [6.45, 7) is 3.89. The van der Waals surface area contributed by atoms with Crippen molar-refractivity contribution in [3.63, 3.8) is 0 Å². The summed E-state index contributed by atoms with van der Waals surface area (Å²) in [5.41, 5.74) is -0.0448. The average molecular weight is 546 g/mol. The molecule has 214 valence electrons. The van der Waals surface area contributed by atoms with Crippen LogP contribution in [0, 0.1) is 17.4 Å². The number of halogens is 1. The number of aliphatic hydroxyl groups is 1. The lowest BCUT2D eigenvalue weighted by atomic mass is 9.61. The van der Waals surface area contributed by atoms with E-state index in [1.165, 1.54) is 10.9 Å². The number of unbranched alkanes of at least 4 members (excludes halogenated alkanes) is 4. The normalized spacial score (nSPS) is 30.4. The fourth-order valence-electron chi connectivity index (χ4n) is 6.46. The quantitative estimate of drug-likeness (QED) is 0.247. The van der Waals surface area contributed by atoms with Gasteiger partial charge in [0.2, 0.25) is 5.91 Å². The molecule has 3 aliphatic carbocycles. The molecule has 0 aromatic carbocycles. The Balaban J connectivity index is 1.25. The molecule has 6 rings (SSSR count). The van der Waals surface area contributed by atoms with Crippen LogP contribution in [0.5, 0.6) is 0 Å². The first-order valence-corrected chi connectivity index (χ1v) is 14.5. The van der Waals surface area contributed by atoms with Crippen LogP contribution in [-0.4, -0.2) is 54.8 Å². The number of ether oxygens (including phenoxy) is 2. The van der Waals surface area contributed by atoms with Gasteiger partial charge in [0, 0.05) is 12.8 Å². The molecule has 2 bridgehead atoms. The van der Waals surface area contributed by atoms with Gasteiger partial charge in [-0.2, -0.15) is 14.4 Å². The molecule has 1 amide bonds. The molecule has 2 aromatic heterocycles. The van der Waals surface area contributed by atoms with Gasteiger partial charge < -0.3 is 19.9 Å². The second-order valence-corrected chi connectivity index (χ2v) is 11.6. The Labute approximate surface area is 228 Å². The summed E-state index contributed by atoms with van der Waals surface area (Å²) in [5.74, 6) is 0.250. The molecule has 3 heterocycles. The Hall–Kier alpha value is -2.66. The van der Waals surface area contributed by atoms with Crippen molar-refractivity contribution in [2.45, 2.75) is 122 Å². The number of hydrogen-bond acceptors (Lipinski definition) is 8. The van der Waals surface area contributed by atoms with Crippen molar-refractivity contribution >= 4 is 28.9 Å². The van der Waals surface area contributed by atoms with E-state index >= 15 is 0 Å². The highest BCUT2D eigenvalue weighted by atomic mass is 19.1. The number of esters is 1. The van der Waals surface area contributed by atoms with E-state index in [1.54, 1.807) is 6.92 Å². The van der Waals surface area contributed by atoms with E-state index < -0.39 is 36.0 Å². The lowest BCUT2D eigenvalue weighted by Crippen LogP contribution is -2.51. The number of rotatable bonds is 10. The summed E-state index contributed by atoms with van der Waals surface area (Å²) >= 11 is 0. The van der Waals surface area contributed by atoms with Crippen LogP contribution >= 0.6 is 0 Å². The zero-order chi connectivity index (χ0) is 27.6. The zero-order valence-corrected chi connectivity index (χ0v) is 22.9. The molecule has 1 aliphatic heterocycles. The van der Waals surface area contributed by atoms with Crippen LogP contribution in [0.2, 0.25) is 0 Å².